The van der Waals surface area contributed by atoms with E-state index in [4.69, 9.17) is 10.5 Å². The highest BCUT2D eigenvalue weighted by Gasteiger charge is 2.20. The zero-order valence-electron chi connectivity index (χ0n) is 11.5. The van der Waals surface area contributed by atoms with Crippen molar-refractivity contribution in [2.24, 2.45) is 11.7 Å². The summed E-state index contributed by atoms with van der Waals surface area (Å²) in [5.74, 6) is 6.34. The van der Waals surface area contributed by atoms with Crippen LogP contribution >= 0.6 is 0 Å². The minimum Gasteiger partial charge on any atom is -0.379 e. The first kappa shape index (κ1) is 14.6. The van der Waals surface area contributed by atoms with Crippen molar-refractivity contribution in [1.82, 2.24) is 5.32 Å². The number of rotatable bonds is 6. The van der Waals surface area contributed by atoms with Crippen LogP contribution in [0.25, 0.3) is 0 Å². The van der Waals surface area contributed by atoms with Crippen LogP contribution in [0.4, 0.5) is 0 Å². The second kappa shape index (κ2) is 7.68. The maximum atomic E-state index is 11.9. The number of hydrogen-bond donors (Lipinski definition) is 2. The first-order valence-electron chi connectivity index (χ1n) is 6.94. The lowest BCUT2D eigenvalue weighted by Gasteiger charge is -2.06. The summed E-state index contributed by atoms with van der Waals surface area (Å²) in [6.45, 7) is 2.23. The van der Waals surface area contributed by atoms with E-state index >= 15 is 0 Å². The van der Waals surface area contributed by atoms with Crippen molar-refractivity contribution >= 4 is 5.91 Å². The first-order chi connectivity index (χ1) is 9.79. The molecule has 0 aromatic heterocycles. The van der Waals surface area contributed by atoms with E-state index in [9.17, 15) is 4.79 Å². The molecule has 1 aromatic carbocycles. The number of carbonyl (C=O) groups excluding carboxylic acids is 1. The van der Waals surface area contributed by atoms with Crippen LogP contribution in [-0.2, 0) is 4.74 Å². The molecule has 1 aliphatic rings. The van der Waals surface area contributed by atoms with Gasteiger partial charge in [-0.15, -0.1) is 0 Å². The molecule has 1 saturated carbocycles. The molecule has 20 heavy (non-hydrogen) atoms. The molecular weight excluding hydrogens is 252 g/mol. The van der Waals surface area contributed by atoms with Crippen molar-refractivity contribution in [2.75, 3.05) is 26.3 Å². The van der Waals surface area contributed by atoms with Gasteiger partial charge in [-0.2, -0.15) is 0 Å². The van der Waals surface area contributed by atoms with Crippen molar-refractivity contribution in [1.29, 1.82) is 0 Å². The first-order valence-corrected chi connectivity index (χ1v) is 6.94. The van der Waals surface area contributed by atoms with E-state index in [2.05, 4.69) is 17.2 Å². The molecule has 1 fully saturated rings. The van der Waals surface area contributed by atoms with Crippen LogP contribution in [0.5, 0.6) is 0 Å². The van der Waals surface area contributed by atoms with Crippen LogP contribution in [-0.4, -0.2) is 32.2 Å². The van der Waals surface area contributed by atoms with Crippen molar-refractivity contribution in [3.8, 4) is 11.8 Å². The van der Waals surface area contributed by atoms with E-state index in [0.717, 1.165) is 18.1 Å². The van der Waals surface area contributed by atoms with Crippen LogP contribution in [0, 0.1) is 17.8 Å². The van der Waals surface area contributed by atoms with Gasteiger partial charge in [0, 0.05) is 24.3 Å². The number of amides is 1. The van der Waals surface area contributed by atoms with E-state index in [1.807, 2.05) is 12.1 Å². The molecule has 0 bridgehead atoms. The predicted molar refractivity (Wildman–Crippen MR) is 78.3 cm³/mol. The third-order valence-corrected chi connectivity index (χ3v) is 3.04. The highest BCUT2D eigenvalue weighted by Crippen LogP contribution is 2.28. The molecule has 1 aromatic rings. The third kappa shape index (κ3) is 5.04. The summed E-state index contributed by atoms with van der Waals surface area (Å²) in [5.41, 5.74) is 6.73. The van der Waals surface area contributed by atoms with Gasteiger partial charge in [0.05, 0.1) is 13.2 Å². The summed E-state index contributed by atoms with van der Waals surface area (Å²) >= 11 is 0. The van der Waals surface area contributed by atoms with Crippen molar-refractivity contribution in [2.45, 2.75) is 12.8 Å². The van der Waals surface area contributed by atoms with Crippen LogP contribution in [0.2, 0.25) is 0 Å². The molecule has 0 heterocycles. The molecule has 2 rings (SSSR count). The molecule has 3 N–H and O–H groups in total. The summed E-state index contributed by atoms with van der Waals surface area (Å²) in [4.78, 5) is 11.9. The van der Waals surface area contributed by atoms with Gasteiger partial charge >= 0.3 is 0 Å². The molecule has 1 aliphatic carbocycles. The van der Waals surface area contributed by atoms with E-state index in [1.54, 1.807) is 12.1 Å². The Kier molecular flexibility index (Phi) is 5.60. The molecule has 0 spiro atoms. The van der Waals surface area contributed by atoms with E-state index in [1.165, 1.54) is 12.8 Å². The Bertz CT molecular complexity index is 513. The lowest BCUT2D eigenvalue weighted by atomic mass is 10.1. The lowest BCUT2D eigenvalue weighted by molar-refractivity contribution is 0.0906. The summed E-state index contributed by atoms with van der Waals surface area (Å²) in [7, 11) is 0. The molecule has 4 heteroatoms. The van der Waals surface area contributed by atoms with Crippen LogP contribution in [0.15, 0.2) is 24.3 Å². The fourth-order valence-corrected chi connectivity index (χ4v) is 1.76. The SMILES string of the molecule is NCC#Cc1cccc(C(=O)NCCOCC2CC2)c1. The predicted octanol–water partition coefficient (Wildman–Crippen LogP) is 1.15. The van der Waals surface area contributed by atoms with Gasteiger partial charge < -0.3 is 15.8 Å². The average molecular weight is 272 g/mol. The number of carbonyl (C=O) groups is 1. The van der Waals surface area contributed by atoms with Gasteiger partial charge in [0.1, 0.15) is 0 Å². The van der Waals surface area contributed by atoms with Crippen molar-refractivity contribution in [3.05, 3.63) is 35.4 Å². The van der Waals surface area contributed by atoms with Gasteiger partial charge in [-0.05, 0) is 37.0 Å². The number of nitrogens with two attached hydrogens (primary N) is 1. The maximum Gasteiger partial charge on any atom is 0.251 e. The summed E-state index contributed by atoms with van der Waals surface area (Å²) in [6, 6.07) is 7.22. The van der Waals surface area contributed by atoms with Gasteiger partial charge in [0.2, 0.25) is 0 Å². The summed E-state index contributed by atoms with van der Waals surface area (Å²) in [5, 5.41) is 2.84. The fraction of sp³-hybridized carbons (Fsp3) is 0.438. The van der Waals surface area contributed by atoms with Crippen LogP contribution < -0.4 is 11.1 Å². The third-order valence-electron chi connectivity index (χ3n) is 3.04. The Hall–Kier alpha value is -1.83. The molecule has 1 amide bonds. The standard InChI is InChI=1S/C16H20N2O2/c17-8-2-4-13-3-1-5-15(11-13)16(19)18-9-10-20-12-14-6-7-14/h1,3,5,11,14H,6-10,12,17H2,(H,18,19). The van der Waals surface area contributed by atoms with Gasteiger partial charge in [0.25, 0.3) is 5.91 Å². The fourth-order valence-electron chi connectivity index (χ4n) is 1.76. The smallest absolute Gasteiger partial charge is 0.251 e. The minimum atomic E-state index is -0.101. The average Bonchev–Trinajstić information content (AvgIpc) is 3.29. The number of benzene rings is 1. The monoisotopic (exact) mass is 272 g/mol. The highest BCUT2D eigenvalue weighted by molar-refractivity contribution is 5.94. The van der Waals surface area contributed by atoms with Crippen LogP contribution in [0.1, 0.15) is 28.8 Å². The lowest BCUT2D eigenvalue weighted by Crippen LogP contribution is -2.27. The normalized spacial score (nSPS) is 13.4. The zero-order valence-corrected chi connectivity index (χ0v) is 11.5. The van der Waals surface area contributed by atoms with Crippen LogP contribution in [0.3, 0.4) is 0 Å². The molecule has 0 unspecified atom stereocenters. The number of nitrogens with one attached hydrogen (secondary N) is 1. The molecule has 0 atom stereocenters. The van der Waals surface area contributed by atoms with Gasteiger partial charge in [-0.25, -0.2) is 0 Å². The number of hydrogen-bond acceptors (Lipinski definition) is 3. The van der Waals surface area contributed by atoms with Gasteiger partial charge in [0.15, 0.2) is 0 Å². The van der Waals surface area contributed by atoms with E-state index in [0.29, 0.717) is 25.3 Å². The molecule has 0 saturated heterocycles. The number of ether oxygens (including phenoxy) is 1. The Labute approximate surface area is 119 Å². The zero-order chi connectivity index (χ0) is 14.2. The Morgan fingerprint density at radius 2 is 2.30 bits per heavy atom. The Balaban J connectivity index is 1.75. The van der Waals surface area contributed by atoms with Gasteiger partial charge in [-0.1, -0.05) is 17.9 Å². The highest BCUT2D eigenvalue weighted by atomic mass is 16.5. The molecule has 0 aliphatic heterocycles. The summed E-state index contributed by atoms with van der Waals surface area (Å²) < 4.78 is 5.47. The molecule has 4 nitrogen and oxygen atoms in total. The Morgan fingerprint density at radius 3 is 3.05 bits per heavy atom. The summed E-state index contributed by atoms with van der Waals surface area (Å²) in [6.07, 6.45) is 2.56. The topological polar surface area (TPSA) is 64.4 Å². The largest absolute Gasteiger partial charge is 0.379 e. The van der Waals surface area contributed by atoms with Crippen molar-refractivity contribution in [3.63, 3.8) is 0 Å². The Morgan fingerprint density at radius 1 is 1.45 bits per heavy atom. The molecule has 106 valence electrons. The van der Waals surface area contributed by atoms with Crippen molar-refractivity contribution < 1.29 is 9.53 Å². The van der Waals surface area contributed by atoms with Gasteiger partial charge in [-0.3, -0.25) is 4.79 Å². The van der Waals surface area contributed by atoms with E-state index in [-0.39, 0.29) is 5.91 Å². The second-order valence-electron chi connectivity index (χ2n) is 4.86. The second-order valence-corrected chi connectivity index (χ2v) is 4.86. The molecule has 0 radical (unpaired) electrons. The molecular formula is C16H20N2O2. The quantitative estimate of drug-likeness (QED) is 0.603. The minimum absolute atomic E-state index is 0.101. The van der Waals surface area contributed by atoms with E-state index < -0.39 is 0 Å². The maximum absolute atomic E-state index is 11.9.